The van der Waals surface area contributed by atoms with Gasteiger partial charge < -0.3 is 9.84 Å². The molecule has 1 aliphatic heterocycles. The summed E-state index contributed by atoms with van der Waals surface area (Å²) in [5.41, 5.74) is -0.465. The van der Waals surface area contributed by atoms with E-state index in [1.807, 2.05) is 20.8 Å². The van der Waals surface area contributed by atoms with Crippen LogP contribution in [0.3, 0.4) is 0 Å². The fourth-order valence-electron chi connectivity index (χ4n) is 3.15. The minimum absolute atomic E-state index is 0.0415. The third kappa shape index (κ3) is 2.57. The van der Waals surface area contributed by atoms with Crippen molar-refractivity contribution in [3.63, 3.8) is 0 Å². The van der Waals surface area contributed by atoms with Gasteiger partial charge in [-0.25, -0.2) is 4.79 Å². The lowest BCUT2D eigenvalue weighted by Crippen LogP contribution is -2.45. The zero-order valence-electron chi connectivity index (χ0n) is 11.0. The molecule has 0 spiro atoms. The Labute approximate surface area is 103 Å². The Morgan fingerprint density at radius 1 is 1.41 bits per heavy atom. The fourth-order valence-corrected chi connectivity index (χ4v) is 3.15. The first kappa shape index (κ1) is 12.7. The minimum atomic E-state index is -0.465. The first-order valence-electron chi connectivity index (χ1n) is 6.54. The van der Waals surface area contributed by atoms with Gasteiger partial charge in [-0.2, -0.15) is 0 Å². The molecule has 0 unspecified atom stereocenters. The van der Waals surface area contributed by atoms with Gasteiger partial charge in [0.15, 0.2) is 0 Å². The van der Waals surface area contributed by atoms with Crippen LogP contribution in [0.1, 0.15) is 46.5 Å². The molecule has 98 valence electrons. The van der Waals surface area contributed by atoms with E-state index in [0.717, 1.165) is 12.8 Å². The highest BCUT2D eigenvalue weighted by Gasteiger charge is 2.46. The quantitative estimate of drug-likeness (QED) is 0.765. The van der Waals surface area contributed by atoms with Crippen LogP contribution in [0.2, 0.25) is 0 Å². The third-order valence-corrected chi connectivity index (χ3v) is 3.76. The minimum Gasteiger partial charge on any atom is -0.444 e. The molecule has 1 saturated carbocycles. The molecule has 2 aliphatic rings. The van der Waals surface area contributed by atoms with Crippen molar-refractivity contribution in [2.75, 3.05) is 6.61 Å². The predicted octanol–water partition coefficient (Wildman–Crippen LogP) is 2.16. The lowest BCUT2D eigenvalue weighted by Gasteiger charge is -2.31. The van der Waals surface area contributed by atoms with Crippen LogP contribution in [-0.2, 0) is 4.74 Å². The number of carbonyl (C=O) groups excluding carboxylic acids is 1. The molecule has 0 aromatic rings. The first-order valence-corrected chi connectivity index (χ1v) is 6.54. The number of likely N-dealkylation sites (tertiary alicyclic amines) is 1. The number of aliphatic hydroxyl groups excluding tert-OH is 1. The van der Waals surface area contributed by atoms with Gasteiger partial charge in [0.2, 0.25) is 0 Å². The van der Waals surface area contributed by atoms with Gasteiger partial charge >= 0.3 is 6.09 Å². The first-order chi connectivity index (χ1) is 7.92. The standard InChI is InChI=1S/C13H23NO3/c1-13(2,3)17-12(16)14-10(8-15)7-9-5-4-6-11(9)14/h9-11,15H,4-8H2,1-3H3/t9-,10-,11-/m0/s1. The summed E-state index contributed by atoms with van der Waals surface area (Å²) in [7, 11) is 0. The van der Waals surface area contributed by atoms with Crippen LogP contribution in [0.4, 0.5) is 4.79 Å². The van der Waals surface area contributed by atoms with Gasteiger partial charge in [0.1, 0.15) is 5.60 Å². The van der Waals surface area contributed by atoms with Gasteiger partial charge in [-0.3, -0.25) is 4.90 Å². The van der Waals surface area contributed by atoms with Crippen molar-refractivity contribution in [2.24, 2.45) is 5.92 Å². The molecule has 2 rings (SSSR count). The van der Waals surface area contributed by atoms with Crippen molar-refractivity contribution in [3.8, 4) is 0 Å². The number of nitrogens with zero attached hydrogens (tertiary/aromatic N) is 1. The summed E-state index contributed by atoms with van der Waals surface area (Å²) in [4.78, 5) is 14.0. The van der Waals surface area contributed by atoms with Crippen LogP contribution < -0.4 is 0 Å². The second-order valence-electron chi connectivity index (χ2n) is 6.22. The zero-order valence-corrected chi connectivity index (χ0v) is 11.0. The molecule has 0 bridgehead atoms. The lowest BCUT2D eigenvalue weighted by molar-refractivity contribution is 0.00839. The van der Waals surface area contributed by atoms with Crippen molar-refractivity contribution in [2.45, 2.75) is 64.1 Å². The number of hydrogen-bond donors (Lipinski definition) is 1. The third-order valence-electron chi connectivity index (χ3n) is 3.76. The predicted molar refractivity (Wildman–Crippen MR) is 64.7 cm³/mol. The molecule has 1 amide bonds. The second kappa shape index (κ2) is 4.48. The van der Waals surface area contributed by atoms with Crippen LogP contribution in [-0.4, -0.2) is 40.4 Å². The molecule has 1 N–H and O–H groups in total. The molecule has 0 aromatic carbocycles. The van der Waals surface area contributed by atoms with Crippen molar-refractivity contribution in [1.29, 1.82) is 0 Å². The van der Waals surface area contributed by atoms with Crippen molar-refractivity contribution in [3.05, 3.63) is 0 Å². The molecule has 4 nitrogen and oxygen atoms in total. The van der Waals surface area contributed by atoms with E-state index in [1.165, 1.54) is 12.8 Å². The van der Waals surface area contributed by atoms with E-state index < -0.39 is 5.60 Å². The topological polar surface area (TPSA) is 49.8 Å². The highest BCUT2D eigenvalue weighted by atomic mass is 16.6. The molecule has 2 fully saturated rings. The summed E-state index contributed by atoms with van der Waals surface area (Å²) in [6.07, 6.45) is 4.10. The number of ether oxygens (including phenoxy) is 1. The van der Waals surface area contributed by atoms with Gasteiger partial charge in [-0.1, -0.05) is 6.42 Å². The van der Waals surface area contributed by atoms with Gasteiger partial charge in [0, 0.05) is 6.04 Å². The number of carbonyl (C=O) groups is 1. The van der Waals surface area contributed by atoms with E-state index in [4.69, 9.17) is 4.74 Å². The van der Waals surface area contributed by atoms with Gasteiger partial charge in [-0.05, 0) is 46.0 Å². The number of fused-ring (bicyclic) bond motifs is 1. The fraction of sp³-hybridized carbons (Fsp3) is 0.923. The molecule has 0 radical (unpaired) electrons. The average Bonchev–Trinajstić information content (AvgIpc) is 2.71. The zero-order chi connectivity index (χ0) is 12.6. The number of rotatable bonds is 1. The maximum atomic E-state index is 12.2. The van der Waals surface area contributed by atoms with Crippen LogP contribution >= 0.6 is 0 Å². The van der Waals surface area contributed by atoms with E-state index in [2.05, 4.69) is 0 Å². The maximum absolute atomic E-state index is 12.2. The molecule has 0 aromatic heterocycles. The highest BCUT2D eigenvalue weighted by molar-refractivity contribution is 5.69. The van der Waals surface area contributed by atoms with Gasteiger partial charge in [0.05, 0.1) is 12.6 Å². The Hall–Kier alpha value is -0.770. The lowest BCUT2D eigenvalue weighted by atomic mass is 10.0. The summed E-state index contributed by atoms with van der Waals surface area (Å²) in [6.45, 7) is 5.68. The van der Waals surface area contributed by atoms with E-state index in [9.17, 15) is 9.90 Å². The van der Waals surface area contributed by atoms with E-state index >= 15 is 0 Å². The molecule has 17 heavy (non-hydrogen) atoms. The molecule has 1 heterocycles. The summed E-state index contributed by atoms with van der Waals surface area (Å²) >= 11 is 0. The summed E-state index contributed by atoms with van der Waals surface area (Å²) in [5, 5.41) is 9.39. The van der Waals surface area contributed by atoms with Crippen molar-refractivity contribution in [1.82, 2.24) is 4.90 Å². The van der Waals surface area contributed by atoms with E-state index in [1.54, 1.807) is 4.90 Å². The van der Waals surface area contributed by atoms with Crippen molar-refractivity contribution < 1.29 is 14.6 Å². The molecule has 1 saturated heterocycles. The van der Waals surface area contributed by atoms with Crippen LogP contribution in [0.15, 0.2) is 0 Å². The number of amides is 1. The molecule has 4 heteroatoms. The Bertz CT molecular complexity index is 298. The Balaban J connectivity index is 2.08. The summed E-state index contributed by atoms with van der Waals surface area (Å²) < 4.78 is 5.44. The van der Waals surface area contributed by atoms with Crippen molar-refractivity contribution >= 4 is 6.09 Å². The monoisotopic (exact) mass is 241 g/mol. The summed E-state index contributed by atoms with van der Waals surface area (Å²) in [6, 6.07) is 0.252. The van der Waals surface area contributed by atoms with Crippen LogP contribution in [0.5, 0.6) is 0 Å². The van der Waals surface area contributed by atoms with E-state index in [0.29, 0.717) is 12.0 Å². The molecule has 1 aliphatic carbocycles. The van der Waals surface area contributed by atoms with Gasteiger partial charge in [0.25, 0.3) is 0 Å². The second-order valence-corrected chi connectivity index (χ2v) is 6.22. The molecule has 3 atom stereocenters. The molecular weight excluding hydrogens is 218 g/mol. The average molecular weight is 241 g/mol. The Kier molecular flexibility index (Phi) is 3.34. The maximum Gasteiger partial charge on any atom is 0.410 e. The molecular formula is C13H23NO3. The van der Waals surface area contributed by atoms with E-state index in [-0.39, 0.29) is 18.7 Å². The smallest absolute Gasteiger partial charge is 0.410 e. The highest BCUT2D eigenvalue weighted by Crippen LogP contribution is 2.41. The Morgan fingerprint density at radius 2 is 2.12 bits per heavy atom. The van der Waals surface area contributed by atoms with Gasteiger partial charge in [-0.15, -0.1) is 0 Å². The largest absolute Gasteiger partial charge is 0.444 e. The Morgan fingerprint density at radius 3 is 2.71 bits per heavy atom. The number of hydrogen-bond acceptors (Lipinski definition) is 3. The number of aliphatic hydroxyl groups is 1. The normalized spacial score (nSPS) is 32.7. The SMILES string of the molecule is CC(C)(C)OC(=O)N1[C@H](CO)C[C@@H]2CCC[C@@H]21. The van der Waals surface area contributed by atoms with Crippen LogP contribution in [0.25, 0.3) is 0 Å². The summed E-state index contributed by atoms with van der Waals surface area (Å²) in [5.74, 6) is 0.569. The van der Waals surface area contributed by atoms with Crippen LogP contribution in [0, 0.1) is 5.92 Å².